The van der Waals surface area contributed by atoms with Crippen molar-refractivity contribution in [1.82, 2.24) is 0 Å². The minimum absolute atomic E-state index is 0.619. The van der Waals surface area contributed by atoms with E-state index in [2.05, 4.69) is 27.3 Å². The van der Waals surface area contributed by atoms with Gasteiger partial charge in [0, 0.05) is 15.2 Å². The number of nitriles is 1. The molecule has 17 heavy (non-hydrogen) atoms. The van der Waals surface area contributed by atoms with Gasteiger partial charge in [-0.15, -0.1) is 0 Å². The van der Waals surface area contributed by atoms with Gasteiger partial charge in [0.05, 0.1) is 17.3 Å². The molecule has 0 unspecified atom stereocenters. The van der Waals surface area contributed by atoms with Crippen LogP contribution in [0.25, 0.3) is 0 Å². The summed E-state index contributed by atoms with van der Waals surface area (Å²) in [6, 6.07) is 14.9. The van der Waals surface area contributed by atoms with Crippen LogP contribution in [0.1, 0.15) is 5.56 Å². The molecule has 2 aromatic rings. The van der Waals surface area contributed by atoms with Gasteiger partial charge in [-0.2, -0.15) is 5.26 Å². The van der Waals surface area contributed by atoms with Crippen molar-refractivity contribution in [3.8, 4) is 6.07 Å². The van der Waals surface area contributed by atoms with E-state index < -0.39 is 0 Å². The van der Waals surface area contributed by atoms with Gasteiger partial charge in [0.2, 0.25) is 0 Å². The number of hydrogen-bond donors (Lipinski definition) is 1. The Labute approximate surface area is 113 Å². The fourth-order valence-corrected chi connectivity index (χ4v) is 1.93. The zero-order valence-electron chi connectivity index (χ0n) is 8.74. The normalized spacial score (nSPS) is 9.71. The Morgan fingerprint density at radius 1 is 1.18 bits per heavy atom. The van der Waals surface area contributed by atoms with E-state index in [1.54, 1.807) is 12.1 Å². The molecule has 0 saturated carbocycles. The first-order valence-corrected chi connectivity index (χ1v) is 6.08. The molecule has 0 aliphatic rings. The predicted molar refractivity (Wildman–Crippen MR) is 73.6 cm³/mol. The average Bonchev–Trinajstić information content (AvgIpc) is 2.34. The van der Waals surface area contributed by atoms with Crippen LogP contribution in [-0.4, -0.2) is 0 Å². The van der Waals surface area contributed by atoms with E-state index in [0.29, 0.717) is 10.6 Å². The zero-order chi connectivity index (χ0) is 12.3. The maximum absolute atomic E-state index is 8.82. The van der Waals surface area contributed by atoms with Crippen LogP contribution in [0.15, 0.2) is 46.9 Å². The van der Waals surface area contributed by atoms with Crippen molar-refractivity contribution in [2.24, 2.45) is 0 Å². The molecule has 0 bridgehead atoms. The molecular formula is C13H8BrClN2. The van der Waals surface area contributed by atoms with Gasteiger partial charge in [-0.05, 0) is 52.3 Å². The summed E-state index contributed by atoms with van der Waals surface area (Å²) in [6.45, 7) is 0. The van der Waals surface area contributed by atoms with Gasteiger partial charge in [-0.25, -0.2) is 0 Å². The molecule has 0 aliphatic heterocycles. The largest absolute Gasteiger partial charge is 0.355 e. The summed E-state index contributed by atoms with van der Waals surface area (Å²) < 4.78 is 0.921. The summed E-state index contributed by atoms with van der Waals surface area (Å²) >= 11 is 9.37. The van der Waals surface area contributed by atoms with Crippen LogP contribution in [0.3, 0.4) is 0 Å². The Morgan fingerprint density at radius 2 is 2.00 bits per heavy atom. The van der Waals surface area contributed by atoms with Crippen molar-refractivity contribution in [2.75, 3.05) is 5.32 Å². The molecule has 0 aliphatic carbocycles. The summed E-state index contributed by atoms with van der Waals surface area (Å²) in [4.78, 5) is 0. The van der Waals surface area contributed by atoms with E-state index in [1.165, 1.54) is 0 Å². The van der Waals surface area contributed by atoms with Crippen LogP contribution in [0.4, 0.5) is 11.4 Å². The minimum Gasteiger partial charge on any atom is -0.355 e. The van der Waals surface area contributed by atoms with Crippen molar-refractivity contribution in [3.63, 3.8) is 0 Å². The summed E-state index contributed by atoms with van der Waals surface area (Å²) in [7, 11) is 0. The van der Waals surface area contributed by atoms with Crippen LogP contribution < -0.4 is 5.32 Å². The van der Waals surface area contributed by atoms with Gasteiger partial charge in [-0.3, -0.25) is 0 Å². The van der Waals surface area contributed by atoms with Crippen molar-refractivity contribution >= 4 is 38.9 Å². The van der Waals surface area contributed by atoms with Gasteiger partial charge >= 0.3 is 0 Å². The first-order valence-electron chi connectivity index (χ1n) is 4.91. The first-order chi connectivity index (χ1) is 8.19. The molecule has 84 valence electrons. The Hall–Kier alpha value is -1.50. The topological polar surface area (TPSA) is 35.8 Å². The molecular weight excluding hydrogens is 300 g/mol. The van der Waals surface area contributed by atoms with Crippen LogP contribution >= 0.6 is 27.5 Å². The number of hydrogen-bond acceptors (Lipinski definition) is 2. The number of halogens is 2. The fraction of sp³-hybridized carbons (Fsp3) is 0. The van der Waals surface area contributed by atoms with Crippen LogP contribution in [-0.2, 0) is 0 Å². The monoisotopic (exact) mass is 306 g/mol. The molecule has 4 heteroatoms. The fourth-order valence-electron chi connectivity index (χ4n) is 1.42. The zero-order valence-corrected chi connectivity index (χ0v) is 11.1. The highest BCUT2D eigenvalue weighted by Gasteiger charge is 2.02. The molecule has 0 aromatic heterocycles. The van der Waals surface area contributed by atoms with E-state index in [-0.39, 0.29) is 0 Å². The summed E-state index contributed by atoms with van der Waals surface area (Å²) in [6.07, 6.45) is 0. The van der Waals surface area contributed by atoms with Crippen molar-refractivity contribution in [3.05, 3.63) is 57.5 Å². The minimum atomic E-state index is 0.619. The molecule has 1 N–H and O–H groups in total. The Bertz CT molecular complexity index is 590. The molecule has 0 heterocycles. The highest BCUT2D eigenvalue weighted by molar-refractivity contribution is 9.10. The van der Waals surface area contributed by atoms with Gasteiger partial charge in [0.15, 0.2) is 0 Å². The third-order valence-electron chi connectivity index (χ3n) is 2.20. The summed E-state index contributed by atoms with van der Waals surface area (Å²) in [5.74, 6) is 0. The van der Waals surface area contributed by atoms with Gasteiger partial charge in [0.1, 0.15) is 0 Å². The predicted octanol–water partition coefficient (Wildman–Crippen LogP) is 4.72. The lowest BCUT2D eigenvalue weighted by Crippen LogP contribution is -1.91. The number of nitrogens with one attached hydrogen (secondary N) is 1. The maximum Gasteiger partial charge on any atom is 0.0992 e. The van der Waals surface area contributed by atoms with Crippen LogP contribution in [0.2, 0.25) is 5.02 Å². The smallest absolute Gasteiger partial charge is 0.0992 e. The summed E-state index contributed by atoms with van der Waals surface area (Å²) in [5.41, 5.74) is 2.34. The lowest BCUT2D eigenvalue weighted by Gasteiger charge is -2.09. The number of anilines is 2. The van der Waals surface area contributed by atoms with Gasteiger partial charge in [-0.1, -0.05) is 17.7 Å². The van der Waals surface area contributed by atoms with Gasteiger partial charge < -0.3 is 5.32 Å². The second-order valence-corrected chi connectivity index (χ2v) is 4.73. The van der Waals surface area contributed by atoms with E-state index in [0.717, 1.165) is 15.8 Å². The van der Waals surface area contributed by atoms with Crippen molar-refractivity contribution in [1.29, 1.82) is 5.26 Å². The third kappa shape index (κ3) is 3.00. The maximum atomic E-state index is 8.82. The molecule has 2 nitrogen and oxygen atoms in total. The Balaban J connectivity index is 2.31. The Kier molecular flexibility index (Phi) is 3.68. The first kappa shape index (κ1) is 12.0. The lowest BCUT2D eigenvalue weighted by molar-refractivity contribution is 1.47. The highest BCUT2D eigenvalue weighted by Crippen LogP contribution is 2.28. The second kappa shape index (κ2) is 5.22. The van der Waals surface area contributed by atoms with E-state index >= 15 is 0 Å². The molecule has 0 atom stereocenters. The molecule has 2 aromatic carbocycles. The van der Waals surface area contributed by atoms with Crippen molar-refractivity contribution < 1.29 is 0 Å². The molecule has 0 fully saturated rings. The number of nitrogens with zero attached hydrogens (tertiary/aromatic N) is 1. The molecule has 2 rings (SSSR count). The Morgan fingerprint density at radius 3 is 2.76 bits per heavy atom. The number of benzene rings is 2. The van der Waals surface area contributed by atoms with E-state index in [4.69, 9.17) is 16.9 Å². The summed E-state index contributed by atoms with van der Waals surface area (Å²) in [5, 5.41) is 12.7. The molecule has 0 radical (unpaired) electrons. The van der Waals surface area contributed by atoms with E-state index in [1.807, 2.05) is 30.3 Å². The van der Waals surface area contributed by atoms with Crippen LogP contribution in [0.5, 0.6) is 0 Å². The van der Waals surface area contributed by atoms with Crippen LogP contribution in [0, 0.1) is 11.3 Å². The highest BCUT2D eigenvalue weighted by atomic mass is 79.9. The quantitative estimate of drug-likeness (QED) is 0.871. The number of rotatable bonds is 2. The molecule has 0 spiro atoms. The standard InChI is InChI=1S/C13H8BrClN2/c14-12-5-4-10(15)7-13(12)17-11-3-1-2-9(6-11)8-16/h1-7,17H. The second-order valence-electron chi connectivity index (χ2n) is 3.44. The third-order valence-corrected chi connectivity index (χ3v) is 3.13. The molecule has 0 amide bonds. The molecule has 0 saturated heterocycles. The van der Waals surface area contributed by atoms with Gasteiger partial charge in [0.25, 0.3) is 0 Å². The average molecular weight is 308 g/mol. The van der Waals surface area contributed by atoms with Crippen molar-refractivity contribution in [2.45, 2.75) is 0 Å². The lowest BCUT2D eigenvalue weighted by atomic mass is 10.2. The SMILES string of the molecule is N#Cc1cccc(Nc2cc(Cl)ccc2Br)c1. The van der Waals surface area contributed by atoms with E-state index in [9.17, 15) is 0 Å².